The van der Waals surface area contributed by atoms with Crippen LogP contribution in [0.25, 0.3) is 0 Å². The summed E-state index contributed by atoms with van der Waals surface area (Å²) in [6.45, 7) is 5.26. The lowest BCUT2D eigenvalue weighted by Crippen LogP contribution is -2.53. The fourth-order valence-corrected chi connectivity index (χ4v) is 5.31. The van der Waals surface area contributed by atoms with E-state index in [1.165, 1.54) is 23.5 Å². The molecule has 1 aliphatic carbocycles. The molecule has 0 aliphatic heterocycles. The lowest BCUT2D eigenvalue weighted by Gasteiger charge is -2.41. The zero-order valence-electron chi connectivity index (χ0n) is 20.5. The van der Waals surface area contributed by atoms with Crippen LogP contribution in [0.15, 0.2) is 29.6 Å². The summed E-state index contributed by atoms with van der Waals surface area (Å²) in [5, 5.41) is 8.48. The lowest BCUT2D eigenvalue weighted by atomic mass is 9.80. The van der Waals surface area contributed by atoms with Gasteiger partial charge < -0.3 is 15.1 Å². The van der Waals surface area contributed by atoms with E-state index in [2.05, 4.69) is 27.6 Å². The smallest absolute Gasteiger partial charge is 0.321 e. The van der Waals surface area contributed by atoms with Crippen LogP contribution < -0.4 is 10.6 Å². The highest BCUT2D eigenvalue weighted by atomic mass is 32.1. The zero-order valence-corrected chi connectivity index (χ0v) is 21.3. The van der Waals surface area contributed by atoms with Gasteiger partial charge in [0.2, 0.25) is 5.91 Å². The zero-order chi connectivity index (χ0) is 24.7. The number of nitrogens with one attached hydrogen (secondary N) is 2. The Hall–Kier alpha value is -2.52. The van der Waals surface area contributed by atoms with E-state index in [9.17, 15) is 14.0 Å². The molecule has 3 atom stereocenters. The van der Waals surface area contributed by atoms with Crippen molar-refractivity contribution in [2.24, 2.45) is 5.92 Å². The van der Waals surface area contributed by atoms with Crippen LogP contribution in [0.1, 0.15) is 43.9 Å². The van der Waals surface area contributed by atoms with E-state index in [1.807, 2.05) is 31.5 Å². The third-order valence-corrected chi connectivity index (χ3v) is 7.51. The minimum absolute atomic E-state index is 0.0406. The predicted molar refractivity (Wildman–Crippen MR) is 135 cm³/mol. The summed E-state index contributed by atoms with van der Waals surface area (Å²) in [5.41, 5.74) is 2.01. The van der Waals surface area contributed by atoms with Crippen LogP contribution in [0.5, 0.6) is 0 Å². The molecule has 9 heteroatoms. The van der Waals surface area contributed by atoms with Gasteiger partial charge in [-0.2, -0.15) is 0 Å². The van der Waals surface area contributed by atoms with Gasteiger partial charge in [0.05, 0.1) is 5.69 Å². The van der Waals surface area contributed by atoms with Gasteiger partial charge >= 0.3 is 6.03 Å². The largest absolute Gasteiger partial charge is 0.343 e. The number of thiazole rings is 1. The number of halogens is 1. The SMILES string of the molecule is CC(=O)N(C)C1CC[C@@H](CN(C)CCCc2ccc(F)cc2)[C@H](NC(=O)Nc2nc(C)cs2)C1. The molecule has 1 aromatic carbocycles. The van der Waals surface area contributed by atoms with Gasteiger partial charge in [0, 0.05) is 38.0 Å². The molecule has 2 N–H and O–H groups in total. The van der Waals surface area contributed by atoms with Crippen LogP contribution in [-0.4, -0.2) is 66.0 Å². The first-order valence-electron chi connectivity index (χ1n) is 11.9. The maximum atomic E-state index is 13.1. The number of urea groups is 1. The van der Waals surface area contributed by atoms with Gasteiger partial charge in [-0.1, -0.05) is 12.1 Å². The summed E-state index contributed by atoms with van der Waals surface area (Å²) in [5.74, 6) is 0.124. The van der Waals surface area contributed by atoms with Crippen LogP contribution in [0, 0.1) is 18.7 Å². The van der Waals surface area contributed by atoms with Crippen molar-refractivity contribution in [1.82, 2.24) is 20.1 Å². The summed E-state index contributed by atoms with van der Waals surface area (Å²) in [4.78, 5) is 33.0. The standard InChI is InChI=1S/C25H36FN5O2S/c1-17-16-34-25(27-17)29-24(33)28-23-14-22(31(4)18(2)32)12-9-20(23)15-30(3)13-5-6-19-7-10-21(26)11-8-19/h7-8,10-11,16,20,22-23H,5-6,9,12-15H2,1-4H3,(H2,27,28,29,33)/t20-,22?,23+/m0/s1. The topological polar surface area (TPSA) is 77.6 Å². The maximum absolute atomic E-state index is 13.1. The summed E-state index contributed by atoms with van der Waals surface area (Å²) in [6, 6.07) is 6.50. The van der Waals surface area contributed by atoms with Crippen LogP contribution in [0.4, 0.5) is 14.3 Å². The number of rotatable bonds is 9. The number of aryl methyl sites for hydroxylation is 2. The molecule has 1 saturated carbocycles. The van der Waals surface area contributed by atoms with E-state index in [4.69, 9.17) is 0 Å². The molecular formula is C25H36FN5O2S. The number of nitrogens with zero attached hydrogens (tertiary/aromatic N) is 3. The van der Waals surface area contributed by atoms with Gasteiger partial charge in [-0.15, -0.1) is 11.3 Å². The van der Waals surface area contributed by atoms with Crippen molar-refractivity contribution in [3.8, 4) is 0 Å². The molecule has 1 fully saturated rings. The number of benzene rings is 1. The van der Waals surface area contributed by atoms with Crippen molar-refractivity contribution in [3.63, 3.8) is 0 Å². The Balaban J connectivity index is 1.56. The van der Waals surface area contributed by atoms with Crippen molar-refractivity contribution in [1.29, 1.82) is 0 Å². The quantitative estimate of drug-likeness (QED) is 0.551. The Kier molecular flexibility index (Phi) is 9.41. The van der Waals surface area contributed by atoms with E-state index in [0.717, 1.165) is 56.5 Å². The van der Waals surface area contributed by atoms with Crippen LogP contribution in [0.2, 0.25) is 0 Å². The van der Waals surface area contributed by atoms with E-state index < -0.39 is 0 Å². The predicted octanol–water partition coefficient (Wildman–Crippen LogP) is 4.29. The average Bonchev–Trinajstić information content (AvgIpc) is 3.20. The molecule has 186 valence electrons. The highest BCUT2D eigenvalue weighted by molar-refractivity contribution is 7.13. The van der Waals surface area contributed by atoms with Gasteiger partial charge in [-0.3, -0.25) is 10.1 Å². The van der Waals surface area contributed by atoms with Crippen LogP contribution >= 0.6 is 11.3 Å². The molecular weight excluding hydrogens is 453 g/mol. The maximum Gasteiger partial charge on any atom is 0.321 e. The van der Waals surface area contributed by atoms with Crippen LogP contribution in [-0.2, 0) is 11.2 Å². The molecule has 1 unspecified atom stereocenters. The van der Waals surface area contributed by atoms with E-state index in [0.29, 0.717) is 5.13 Å². The van der Waals surface area contributed by atoms with Crippen molar-refractivity contribution >= 4 is 28.4 Å². The first kappa shape index (κ1) is 26.1. The highest BCUT2D eigenvalue weighted by Gasteiger charge is 2.34. The average molecular weight is 490 g/mol. The Morgan fingerprint density at radius 3 is 2.59 bits per heavy atom. The van der Waals surface area contributed by atoms with E-state index in [-0.39, 0.29) is 35.8 Å². The third-order valence-electron chi connectivity index (χ3n) is 6.63. The molecule has 0 radical (unpaired) electrons. The van der Waals surface area contributed by atoms with Gasteiger partial charge in [-0.05, 0) is 76.2 Å². The molecule has 3 amide bonds. The first-order valence-corrected chi connectivity index (χ1v) is 12.7. The van der Waals surface area contributed by atoms with Crippen LogP contribution in [0.3, 0.4) is 0 Å². The summed E-state index contributed by atoms with van der Waals surface area (Å²) in [7, 11) is 3.94. The molecule has 1 aliphatic rings. The lowest BCUT2D eigenvalue weighted by molar-refractivity contribution is -0.130. The minimum atomic E-state index is -0.255. The Morgan fingerprint density at radius 2 is 1.94 bits per heavy atom. The summed E-state index contributed by atoms with van der Waals surface area (Å²) < 4.78 is 13.1. The Labute approximate surface area is 205 Å². The van der Waals surface area contributed by atoms with E-state index >= 15 is 0 Å². The number of aromatic nitrogens is 1. The number of carbonyl (C=O) groups is 2. The third kappa shape index (κ3) is 7.77. The minimum Gasteiger partial charge on any atom is -0.343 e. The summed E-state index contributed by atoms with van der Waals surface area (Å²) >= 11 is 1.40. The Morgan fingerprint density at radius 1 is 1.21 bits per heavy atom. The summed E-state index contributed by atoms with van der Waals surface area (Å²) in [6.07, 6.45) is 4.47. The molecule has 3 rings (SSSR count). The molecule has 2 aromatic rings. The monoisotopic (exact) mass is 489 g/mol. The van der Waals surface area contributed by atoms with Gasteiger partial charge in [0.15, 0.2) is 5.13 Å². The number of carbonyl (C=O) groups excluding carboxylic acids is 2. The molecule has 7 nitrogen and oxygen atoms in total. The molecule has 0 spiro atoms. The number of hydrogen-bond donors (Lipinski definition) is 2. The second-order valence-electron chi connectivity index (χ2n) is 9.35. The second-order valence-corrected chi connectivity index (χ2v) is 10.2. The molecule has 0 bridgehead atoms. The van der Waals surface area contributed by atoms with Crippen molar-refractivity contribution in [2.75, 3.05) is 32.5 Å². The van der Waals surface area contributed by atoms with Crippen molar-refractivity contribution < 1.29 is 14.0 Å². The Bertz CT molecular complexity index is 951. The van der Waals surface area contributed by atoms with Crippen molar-refractivity contribution in [3.05, 3.63) is 46.7 Å². The highest BCUT2D eigenvalue weighted by Crippen LogP contribution is 2.29. The second kappa shape index (κ2) is 12.3. The van der Waals surface area contributed by atoms with Gasteiger partial charge in [0.25, 0.3) is 0 Å². The molecule has 1 aromatic heterocycles. The first-order chi connectivity index (χ1) is 16.2. The normalized spacial score (nSPS) is 20.2. The molecule has 0 saturated heterocycles. The number of anilines is 1. The van der Waals surface area contributed by atoms with E-state index in [1.54, 1.807) is 11.8 Å². The fourth-order valence-electron chi connectivity index (χ4n) is 4.62. The number of hydrogen-bond acceptors (Lipinski definition) is 5. The fraction of sp³-hybridized carbons (Fsp3) is 0.560. The molecule has 34 heavy (non-hydrogen) atoms. The van der Waals surface area contributed by atoms with Crippen molar-refractivity contribution in [2.45, 2.75) is 58.0 Å². The van der Waals surface area contributed by atoms with Gasteiger partial charge in [-0.25, -0.2) is 14.2 Å². The number of amides is 3. The van der Waals surface area contributed by atoms with Gasteiger partial charge in [0.1, 0.15) is 5.82 Å². The molecule has 1 heterocycles.